The third kappa shape index (κ3) is 13.1. The van der Waals surface area contributed by atoms with E-state index in [1.165, 1.54) is 43.4 Å². The Kier molecular flexibility index (Phi) is 20.9. The number of fused-ring (bicyclic) bond motifs is 15. The molecule has 1 saturated heterocycles. The monoisotopic (exact) mass is 1580 g/mol. The number of carbonyl (C=O) groups is 1. The second-order valence-corrected chi connectivity index (χ2v) is 31.9. The molecule has 16 aromatic rings. The molecule has 0 radical (unpaired) electrons. The summed E-state index contributed by atoms with van der Waals surface area (Å²) in [6, 6.07) is 98.6. The topological polar surface area (TPSA) is 151 Å². The van der Waals surface area contributed by atoms with E-state index in [4.69, 9.17) is 19.4 Å². The first-order chi connectivity index (χ1) is 49.3. The van der Waals surface area contributed by atoms with E-state index in [2.05, 4.69) is 297 Å². The predicted octanol–water partition coefficient (Wildman–Crippen LogP) is 13.7. The maximum atomic E-state index is 13.9. The molecule has 0 unspecified atom stereocenters. The summed E-state index contributed by atoms with van der Waals surface area (Å²) in [5, 5.41) is 15.8. The molecule has 0 saturated carbocycles. The van der Waals surface area contributed by atoms with E-state index in [1.807, 2.05) is 36.4 Å². The van der Waals surface area contributed by atoms with Crippen molar-refractivity contribution in [2.24, 2.45) is 0 Å². The van der Waals surface area contributed by atoms with Crippen molar-refractivity contribution in [3.05, 3.63) is 300 Å². The van der Waals surface area contributed by atoms with Crippen LogP contribution in [0, 0.1) is 0 Å². The van der Waals surface area contributed by atoms with E-state index in [9.17, 15) is 16.8 Å². The van der Waals surface area contributed by atoms with Crippen LogP contribution in [-0.4, -0.2) is 55.3 Å². The number of halogens is 2. The molecule has 3 aliphatic heterocycles. The summed E-state index contributed by atoms with van der Waals surface area (Å²) in [6.45, 7) is 8.17. The van der Waals surface area contributed by atoms with Gasteiger partial charge >= 0.3 is 110 Å². The normalized spacial score (nSPS) is 14.4. The van der Waals surface area contributed by atoms with Gasteiger partial charge < -0.3 is 34.6 Å². The predicted molar refractivity (Wildman–Crippen MR) is 414 cm³/mol. The van der Waals surface area contributed by atoms with E-state index >= 15 is 0 Å². The number of carbonyl (C=O) groups excluding carboxylic acids is 1. The molecule has 19 heteroatoms. The third-order valence-corrected chi connectivity index (χ3v) is 24.6. The van der Waals surface area contributed by atoms with Crippen molar-refractivity contribution in [2.45, 2.75) is 58.5 Å². The van der Waals surface area contributed by atoms with Gasteiger partial charge in [0.05, 0.1) is 63.9 Å². The average Bonchev–Trinajstić information content (AvgIpc) is 1.65. The summed E-state index contributed by atoms with van der Waals surface area (Å²) in [4.78, 5) is 12.7. The van der Waals surface area contributed by atoms with Crippen molar-refractivity contribution in [1.82, 2.24) is 13.7 Å². The van der Waals surface area contributed by atoms with Gasteiger partial charge in [-0.15, -0.1) is 0 Å². The van der Waals surface area contributed by atoms with Gasteiger partial charge in [0.1, 0.15) is 0 Å². The fraction of sp³-hybridized carbons (Fsp3) is 0.0706. The van der Waals surface area contributed by atoms with Gasteiger partial charge in [0.2, 0.25) is 19.7 Å². The Hall–Kier alpha value is -7.19. The Morgan fingerprint density at radius 3 is 0.952 bits per heavy atom. The Bertz CT molecular complexity index is 5920. The van der Waals surface area contributed by atoms with Gasteiger partial charge in [-0.3, -0.25) is 4.79 Å². The summed E-state index contributed by atoms with van der Waals surface area (Å²) in [5.74, 6) is 0. The van der Waals surface area contributed by atoms with Crippen LogP contribution in [0.1, 0.15) is 29.1 Å². The molecule has 502 valence electrons. The van der Waals surface area contributed by atoms with Crippen LogP contribution in [0.25, 0.3) is 127 Å². The molecule has 3 aliphatic rings. The van der Waals surface area contributed by atoms with E-state index in [-0.39, 0.29) is 129 Å². The zero-order valence-corrected chi connectivity index (χ0v) is 68.5. The van der Waals surface area contributed by atoms with Gasteiger partial charge in [-0.05, 0) is 189 Å². The zero-order valence-electron chi connectivity index (χ0n) is 58.5. The van der Waals surface area contributed by atoms with Crippen LogP contribution >= 0.6 is 31.9 Å². The standard InChI is InChI=1S/C48H30N2O2S.C24H24BNO2.C12H6Br2O2S.CH2O3.2K.H/c51-53(52)47-25-23-33(31-11-9-13-35(27-31)49-43-19-5-1-15-37(43)38-16-2-6-20-44(38)49)29-41(47)42-30-34(24-26-48(42)53)32-12-10-14-36(28-32)50-45-21-7-3-17-39(45)40-18-4-8-22-46(40)50;1-23(2)24(3,4)28-25(27-23)17-10-9-11-18(16-17)26-21-14-7-5-12-19(21)20-13-6-8-15-22(20)26;13-7-1-3-11-9(5-7)10-6-8(14)2-4-12(10)17(11,15)16;2-1-4-3;;;/h1-30H;5-16H,1-4H3;1-6H;1,3H;;;/q;;;;2*+1;-1/p-1. The summed E-state index contributed by atoms with van der Waals surface area (Å²) >= 11 is 6.73. The number of hydrogen-bond donors (Lipinski definition) is 0. The summed E-state index contributed by atoms with van der Waals surface area (Å²) < 4.78 is 73.5. The minimum Gasteiger partial charge on any atom is -1.00 e. The summed E-state index contributed by atoms with van der Waals surface area (Å²) in [7, 11) is -7.36. The van der Waals surface area contributed by atoms with E-state index in [1.54, 1.807) is 36.4 Å². The van der Waals surface area contributed by atoms with Crippen LogP contribution < -0.4 is 113 Å². The third-order valence-electron chi connectivity index (χ3n) is 19.9. The number of para-hydroxylation sites is 6. The molecule has 104 heavy (non-hydrogen) atoms. The number of nitrogens with zero attached hydrogens (tertiary/aromatic N) is 3. The Balaban J connectivity index is 0.000000157. The fourth-order valence-electron chi connectivity index (χ4n) is 14.5. The van der Waals surface area contributed by atoms with E-state index in [0.717, 1.165) is 98.0 Å². The molecule has 1 fully saturated rings. The second-order valence-electron chi connectivity index (χ2n) is 26.3. The second kappa shape index (κ2) is 29.5. The maximum absolute atomic E-state index is 13.9. The van der Waals surface area contributed by atoms with Gasteiger partial charge in [-0.1, -0.05) is 190 Å². The molecule has 0 N–H and O–H groups in total. The molecule has 13 aromatic carbocycles. The Morgan fingerprint density at radius 2 is 0.635 bits per heavy atom. The largest absolute Gasteiger partial charge is 1.00 e. The van der Waals surface area contributed by atoms with Crippen molar-refractivity contribution < 1.29 is 145 Å². The maximum Gasteiger partial charge on any atom is 1.00 e. The average molecular weight is 1580 g/mol. The van der Waals surface area contributed by atoms with Gasteiger partial charge in [0, 0.05) is 80.6 Å². The van der Waals surface area contributed by atoms with Crippen molar-refractivity contribution in [1.29, 1.82) is 0 Å². The molecular formula is C85H62BBr2K2N3O9S2. The fourth-order valence-corrected chi connectivity index (χ4v) is 18.5. The molecule has 6 heterocycles. The minimum atomic E-state index is -3.66. The van der Waals surface area contributed by atoms with Gasteiger partial charge in [-0.25, -0.2) is 16.8 Å². The number of sulfone groups is 2. The van der Waals surface area contributed by atoms with Gasteiger partial charge in [-0.2, -0.15) is 0 Å². The van der Waals surface area contributed by atoms with Crippen LogP contribution in [0.4, 0.5) is 0 Å². The van der Waals surface area contributed by atoms with E-state index in [0.29, 0.717) is 19.6 Å². The molecule has 12 nitrogen and oxygen atoms in total. The molecule has 0 atom stereocenters. The SMILES string of the molecule is CC1(C)OB(c2cccc(-n3c4ccccc4c4ccccc43)c2)OC1(C)C.O=CO[O-].O=S1(=O)c2ccc(-c3cccc(-n4c5ccccc5c5ccccc54)c3)cc2-c2cc(-c3cccc(-n4c5ccccc5c5ccccc54)c3)ccc21.O=S1(=O)c2ccc(Br)cc2-c2cc(Br)ccc21.[H-].[K+].[K+]. The first-order valence-electron chi connectivity index (χ1n) is 33.1. The zero-order chi connectivity index (χ0) is 70.4. The number of rotatable bonds is 7. The number of aromatic nitrogens is 3. The molecule has 0 bridgehead atoms. The quantitative estimate of drug-likeness (QED) is 0.0657. The Morgan fingerprint density at radius 1 is 0.365 bits per heavy atom. The minimum absolute atomic E-state index is 0. The smallest absolute Gasteiger partial charge is 1.00 e. The Labute approximate surface area is 705 Å². The van der Waals surface area contributed by atoms with Crippen molar-refractivity contribution in [3.8, 4) is 61.6 Å². The van der Waals surface area contributed by atoms with Crippen molar-refractivity contribution in [2.75, 3.05) is 0 Å². The molecule has 19 rings (SSSR count). The first-order valence-corrected chi connectivity index (χ1v) is 37.6. The number of hydrogen-bond acceptors (Lipinski definition) is 9. The molecular weight excluding hydrogens is 1520 g/mol. The van der Waals surface area contributed by atoms with E-state index < -0.39 is 19.7 Å². The van der Waals surface area contributed by atoms with Crippen molar-refractivity contribution in [3.63, 3.8) is 0 Å². The molecule has 3 aromatic heterocycles. The first kappa shape index (κ1) is 73.7. The van der Waals surface area contributed by atoms with Crippen LogP contribution in [0.15, 0.2) is 320 Å². The number of benzene rings is 13. The van der Waals surface area contributed by atoms with Crippen LogP contribution in [0.2, 0.25) is 0 Å². The summed E-state index contributed by atoms with van der Waals surface area (Å²) in [5.41, 5.74) is 17.5. The summed E-state index contributed by atoms with van der Waals surface area (Å²) in [6.07, 6.45) is 0. The van der Waals surface area contributed by atoms with Crippen LogP contribution in [-0.2, 0) is 38.7 Å². The van der Waals surface area contributed by atoms with Crippen LogP contribution in [0.5, 0.6) is 0 Å². The van der Waals surface area contributed by atoms with Crippen molar-refractivity contribution >= 4 is 136 Å². The van der Waals surface area contributed by atoms with Crippen LogP contribution in [0.3, 0.4) is 0 Å². The van der Waals surface area contributed by atoms with Gasteiger partial charge in [0.15, 0.2) is 0 Å². The van der Waals surface area contributed by atoms with Gasteiger partial charge in [0.25, 0.3) is 6.47 Å². The molecule has 0 spiro atoms. The molecule has 0 aliphatic carbocycles. The molecule has 0 amide bonds.